The summed E-state index contributed by atoms with van der Waals surface area (Å²) in [7, 11) is 1.54. The Hall–Kier alpha value is -2.04. The monoisotopic (exact) mass is 250 g/mol. The van der Waals surface area contributed by atoms with Crippen molar-refractivity contribution in [3.05, 3.63) is 24.3 Å². The van der Waals surface area contributed by atoms with Crippen LogP contribution in [0.5, 0.6) is 5.75 Å². The maximum Gasteiger partial charge on any atom is 0.224 e. The molecule has 0 aliphatic rings. The number of primary amides is 1. The number of para-hydroxylation sites is 2. The first-order valence-electron chi connectivity index (χ1n) is 5.76. The molecule has 0 heterocycles. The van der Waals surface area contributed by atoms with E-state index >= 15 is 0 Å². The Balaban J connectivity index is 2.52. The van der Waals surface area contributed by atoms with Crippen molar-refractivity contribution >= 4 is 17.5 Å². The van der Waals surface area contributed by atoms with Crippen molar-refractivity contribution in [2.45, 2.75) is 19.8 Å². The fourth-order valence-corrected chi connectivity index (χ4v) is 1.45. The molecule has 98 valence electrons. The number of rotatable bonds is 6. The number of carbonyl (C=O) groups excluding carboxylic acids is 2. The van der Waals surface area contributed by atoms with Gasteiger partial charge >= 0.3 is 0 Å². The van der Waals surface area contributed by atoms with Crippen molar-refractivity contribution in [2.75, 3.05) is 12.4 Å². The summed E-state index contributed by atoms with van der Waals surface area (Å²) >= 11 is 0. The molecule has 18 heavy (non-hydrogen) atoms. The number of anilines is 1. The molecule has 0 fully saturated rings. The second-order valence-electron chi connectivity index (χ2n) is 4.09. The predicted molar refractivity (Wildman–Crippen MR) is 69.2 cm³/mol. The van der Waals surface area contributed by atoms with E-state index in [0.29, 0.717) is 17.9 Å². The van der Waals surface area contributed by atoms with Gasteiger partial charge in [-0.1, -0.05) is 19.1 Å². The van der Waals surface area contributed by atoms with Crippen LogP contribution in [0.15, 0.2) is 24.3 Å². The summed E-state index contributed by atoms with van der Waals surface area (Å²) < 4.78 is 5.12. The Morgan fingerprint density at radius 1 is 1.39 bits per heavy atom. The van der Waals surface area contributed by atoms with E-state index in [-0.39, 0.29) is 24.2 Å². The first kappa shape index (κ1) is 14.0. The maximum absolute atomic E-state index is 11.7. The number of hydrogen-bond acceptors (Lipinski definition) is 3. The first-order chi connectivity index (χ1) is 8.54. The van der Waals surface area contributed by atoms with Crippen molar-refractivity contribution in [2.24, 2.45) is 11.7 Å². The molecule has 1 aromatic rings. The highest BCUT2D eigenvalue weighted by Crippen LogP contribution is 2.23. The molecule has 5 nitrogen and oxygen atoms in total. The van der Waals surface area contributed by atoms with Crippen LogP contribution in [0.4, 0.5) is 5.69 Å². The Morgan fingerprint density at radius 2 is 2.06 bits per heavy atom. The molecular weight excluding hydrogens is 232 g/mol. The highest BCUT2D eigenvalue weighted by Gasteiger charge is 2.12. The van der Waals surface area contributed by atoms with Crippen molar-refractivity contribution in [1.29, 1.82) is 0 Å². The number of benzene rings is 1. The summed E-state index contributed by atoms with van der Waals surface area (Å²) in [6.45, 7) is 1.71. The Kier molecular flexibility index (Phi) is 5.17. The maximum atomic E-state index is 11.7. The van der Waals surface area contributed by atoms with E-state index in [1.54, 1.807) is 26.2 Å². The molecule has 0 saturated heterocycles. The zero-order valence-corrected chi connectivity index (χ0v) is 10.6. The zero-order valence-electron chi connectivity index (χ0n) is 10.6. The highest BCUT2D eigenvalue weighted by molar-refractivity contribution is 5.92. The molecule has 0 aromatic heterocycles. The third-order valence-electron chi connectivity index (χ3n) is 2.67. The van der Waals surface area contributed by atoms with Gasteiger partial charge in [-0.3, -0.25) is 9.59 Å². The number of amides is 2. The molecule has 0 spiro atoms. The van der Waals surface area contributed by atoms with Gasteiger partial charge in [-0.15, -0.1) is 0 Å². The molecule has 3 N–H and O–H groups in total. The van der Waals surface area contributed by atoms with Gasteiger partial charge in [0.25, 0.3) is 0 Å². The van der Waals surface area contributed by atoms with Crippen LogP contribution in [0.1, 0.15) is 19.8 Å². The Morgan fingerprint density at radius 3 is 2.67 bits per heavy atom. The van der Waals surface area contributed by atoms with E-state index in [2.05, 4.69) is 5.32 Å². The molecule has 0 saturated carbocycles. The van der Waals surface area contributed by atoms with E-state index in [0.717, 1.165) is 0 Å². The summed E-state index contributed by atoms with van der Waals surface area (Å²) in [5, 5.41) is 2.74. The smallest absolute Gasteiger partial charge is 0.224 e. The third-order valence-corrected chi connectivity index (χ3v) is 2.67. The number of hydrogen-bond donors (Lipinski definition) is 2. The summed E-state index contributed by atoms with van der Waals surface area (Å²) in [5.74, 6) is -0.241. The Labute approximate surface area is 106 Å². The van der Waals surface area contributed by atoms with Gasteiger partial charge in [0, 0.05) is 12.3 Å². The quantitative estimate of drug-likeness (QED) is 0.803. The number of nitrogens with one attached hydrogen (secondary N) is 1. The first-order valence-corrected chi connectivity index (χ1v) is 5.76. The van der Waals surface area contributed by atoms with Gasteiger partial charge in [-0.05, 0) is 18.6 Å². The molecule has 0 aliphatic carbocycles. The summed E-state index contributed by atoms with van der Waals surface area (Å²) in [4.78, 5) is 22.5. The minimum atomic E-state index is -0.389. The lowest BCUT2D eigenvalue weighted by Crippen LogP contribution is -2.22. The number of methoxy groups -OCH3 is 1. The van der Waals surface area contributed by atoms with Crippen molar-refractivity contribution in [3.8, 4) is 5.75 Å². The minimum Gasteiger partial charge on any atom is -0.495 e. The van der Waals surface area contributed by atoms with Crippen molar-refractivity contribution in [3.63, 3.8) is 0 Å². The predicted octanol–water partition coefficient (Wildman–Crippen LogP) is 1.54. The van der Waals surface area contributed by atoms with Gasteiger partial charge in [-0.2, -0.15) is 0 Å². The topological polar surface area (TPSA) is 81.4 Å². The van der Waals surface area contributed by atoms with E-state index in [1.165, 1.54) is 0 Å². The standard InChI is InChI=1S/C13H18N2O3/c1-9(13(14)17)7-8-12(16)15-10-5-3-4-6-11(10)18-2/h3-6,9H,7-8H2,1-2H3,(H2,14,17)(H,15,16)/t9-/m0/s1. The zero-order chi connectivity index (χ0) is 13.5. The Bertz CT molecular complexity index is 432. The molecule has 0 unspecified atom stereocenters. The van der Waals surface area contributed by atoms with Crippen LogP contribution in [0.25, 0.3) is 0 Å². The molecule has 1 aromatic carbocycles. The molecule has 0 bridgehead atoms. The van der Waals surface area contributed by atoms with Gasteiger partial charge in [0.1, 0.15) is 5.75 Å². The van der Waals surface area contributed by atoms with Crippen LogP contribution in [0.3, 0.4) is 0 Å². The molecule has 2 amide bonds. The molecule has 0 radical (unpaired) electrons. The van der Waals surface area contributed by atoms with E-state index < -0.39 is 0 Å². The average Bonchev–Trinajstić information content (AvgIpc) is 2.36. The summed E-state index contributed by atoms with van der Waals surface area (Å²) in [6, 6.07) is 7.16. The molecule has 1 atom stereocenters. The largest absolute Gasteiger partial charge is 0.495 e. The lowest BCUT2D eigenvalue weighted by atomic mass is 10.1. The second kappa shape index (κ2) is 6.64. The van der Waals surface area contributed by atoms with Gasteiger partial charge < -0.3 is 15.8 Å². The van der Waals surface area contributed by atoms with Gasteiger partial charge in [0.2, 0.25) is 11.8 Å². The summed E-state index contributed by atoms with van der Waals surface area (Å²) in [6.07, 6.45) is 0.693. The number of nitrogens with two attached hydrogens (primary N) is 1. The van der Waals surface area contributed by atoms with Crippen LogP contribution in [-0.2, 0) is 9.59 Å². The fourth-order valence-electron chi connectivity index (χ4n) is 1.45. The van der Waals surface area contributed by atoms with Gasteiger partial charge in [0.05, 0.1) is 12.8 Å². The lowest BCUT2D eigenvalue weighted by Gasteiger charge is -2.10. The SMILES string of the molecule is COc1ccccc1NC(=O)CC[C@H](C)C(N)=O. The van der Waals surface area contributed by atoms with E-state index in [1.807, 2.05) is 12.1 Å². The van der Waals surface area contributed by atoms with Crippen LogP contribution in [0, 0.1) is 5.92 Å². The molecule has 1 rings (SSSR count). The molecular formula is C13H18N2O3. The third kappa shape index (κ3) is 4.08. The van der Waals surface area contributed by atoms with Gasteiger partial charge in [0.15, 0.2) is 0 Å². The molecule has 0 aliphatic heterocycles. The second-order valence-corrected chi connectivity index (χ2v) is 4.09. The number of ether oxygens (including phenoxy) is 1. The van der Waals surface area contributed by atoms with Crippen LogP contribution < -0.4 is 15.8 Å². The van der Waals surface area contributed by atoms with E-state index in [9.17, 15) is 9.59 Å². The van der Waals surface area contributed by atoms with Crippen LogP contribution >= 0.6 is 0 Å². The van der Waals surface area contributed by atoms with Crippen molar-refractivity contribution < 1.29 is 14.3 Å². The normalized spacial score (nSPS) is 11.7. The van der Waals surface area contributed by atoms with Crippen molar-refractivity contribution in [1.82, 2.24) is 0 Å². The number of carbonyl (C=O) groups is 2. The molecule has 5 heteroatoms. The average molecular weight is 250 g/mol. The fraction of sp³-hybridized carbons (Fsp3) is 0.385. The summed E-state index contributed by atoms with van der Waals surface area (Å²) in [5.41, 5.74) is 5.75. The van der Waals surface area contributed by atoms with Crippen LogP contribution in [-0.4, -0.2) is 18.9 Å². The van der Waals surface area contributed by atoms with Crippen LogP contribution in [0.2, 0.25) is 0 Å². The van der Waals surface area contributed by atoms with Gasteiger partial charge in [-0.25, -0.2) is 0 Å². The minimum absolute atomic E-state index is 0.160. The highest BCUT2D eigenvalue weighted by atomic mass is 16.5. The van der Waals surface area contributed by atoms with E-state index in [4.69, 9.17) is 10.5 Å². The lowest BCUT2D eigenvalue weighted by molar-refractivity contribution is -0.121.